The number of alkyl halides is 2. The lowest BCUT2D eigenvalue weighted by atomic mass is 9.83. The Bertz CT molecular complexity index is 669. The maximum Gasteiger partial charge on any atom is 0.421 e. The van der Waals surface area contributed by atoms with Gasteiger partial charge < -0.3 is 20.1 Å². The monoisotopic (exact) mass is 376 g/mol. The van der Waals surface area contributed by atoms with Crippen LogP contribution in [0.1, 0.15) is 39.5 Å². The number of piperazine rings is 1. The molecule has 146 valence electrons. The zero-order valence-electron chi connectivity index (χ0n) is 14.9. The molecule has 0 spiro atoms. The molecule has 2 atom stereocenters. The van der Waals surface area contributed by atoms with Gasteiger partial charge in [-0.25, -0.2) is 4.39 Å². The van der Waals surface area contributed by atoms with E-state index in [0.717, 1.165) is 31.7 Å². The summed E-state index contributed by atoms with van der Waals surface area (Å²) in [6, 6.07) is 2.46. The average Bonchev–Trinajstić information content (AvgIpc) is 2.57. The fourth-order valence-electron chi connectivity index (χ4n) is 4.02. The summed E-state index contributed by atoms with van der Waals surface area (Å²) >= 11 is 0. The van der Waals surface area contributed by atoms with Gasteiger partial charge in [-0.1, -0.05) is 12.8 Å². The lowest BCUT2D eigenvalue weighted by Gasteiger charge is -2.52. The van der Waals surface area contributed by atoms with Gasteiger partial charge in [0.25, 0.3) is 0 Å². The molecule has 1 saturated heterocycles. The molecular weight excluding hydrogens is 352 g/mol. The van der Waals surface area contributed by atoms with E-state index in [-0.39, 0.29) is 23.3 Å². The molecule has 26 heavy (non-hydrogen) atoms. The van der Waals surface area contributed by atoms with Crippen molar-refractivity contribution in [3.8, 4) is 5.75 Å². The van der Waals surface area contributed by atoms with Crippen molar-refractivity contribution < 1.29 is 27.4 Å². The van der Waals surface area contributed by atoms with Crippen LogP contribution in [0.25, 0.3) is 0 Å². The second kappa shape index (κ2) is 6.88. The minimum Gasteiger partial charge on any atom is -0.428 e. The predicted molar refractivity (Wildman–Crippen MR) is 89.6 cm³/mol. The first-order valence-electron chi connectivity index (χ1n) is 8.83. The molecule has 1 aliphatic carbocycles. The van der Waals surface area contributed by atoms with E-state index in [0.29, 0.717) is 6.54 Å². The van der Waals surface area contributed by atoms with Gasteiger partial charge in [-0.2, -0.15) is 13.2 Å². The van der Waals surface area contributed by atoms with E-state index in [4.69, 9.17) is 5.11 Å². The first-order chi connectivity index (χ1) is 12.1. The summed E-state index contributed by atoms with van der Waals surface area (Å²) in [5.74, 6) is -3.60. The second-order valence-corrected chi connectivity index (χ2v) is 7.72. The molecule has 0 aromatic heterocycles. The maximum atomic E-state index is 14.7. The van der Waals surface area contributed by atoms with Gasteiger partial charge in [-0.15, -0.1) is 0 Å². The van der Waals surface area contributed by atoms with E-state index < -0.39 is 30.1 Å². The number of nitrogens with one attached hydrogen (secondary N) is 1. The zero-order valence-corrected chi connectivity index (χ0v) is 14.9. The molecule has 2 N–H and O–H groups in total. The van der Waals surface area contributed by atoms with Crippen LogP contribution in [0.5, 0.6) is 5.75 Å². The molecule has 0 amide bonds. The Morgan fingerprint density at radius 1 is 1.23 bits per heavy atom. The number of hydrogen-bond donors (Lipinski definition) is 2. The lowest BCUT2D eigenvalue weighted by Crippen LogP contribution is -2.67. The number of hydrogen-bond acceptors (Lipinski definition) is 4. The Hall–Kier alpha value is -1.54. The van der Waals surface area contributed by atoms with Gasteiger partial charge in [-0.05, 0) is 38.8 Å². The van der Waals surface area contributed by atoms with Crippen molar-refractivity contribution in [1.29, 1.82) is 0 Å². The molecule has 1 aromatic carbocycles. The van der Waals surface area contributed by atoms with Gasteiger partial charge in [0, 0.05) is 24.2 Å². The van der Waals surface area contributed by atoms with E-state index in [9.17, 15) is 17.6 Å². The zero-order chi connectivity index (χ0) is 19.1. The summed E-state index contributed by atoms with van der Waals surface area (Å²) in [4.78, 5) is 1.84. The quantitative estimate of drug-likeness (QED) is 0.791. The molecule has 3 rings (SSSR count). The molecule has 0 unspecified atom stereocenters. The van der Waals surface area contributed by atoms with Crippen LogP contribution in [-0.4, -0.2) is 42.0 Å². The molecular formula is C18H24F4N2O2. The third-order valence-electron chi connectivity index (χ3n) is 5.05. The first-order valence-corrected chi connectivity index (χ1v) is 8.83. The molecule has 0 radical (unpaired) electrons. The van der Waals surface area contributed by atoms with Crippen LogP contribution in [0.3, 0.4) is 0 Å². The normalized spacial score (nSPS) is 25.7. The fraction of sp³-hybridized carbons (Fsp3) is 0.667. The first kappa shape index (κ1) is 19.2. The molecule has 0 bridgehead atoms. The number of anilines is 1. The van der Waals surface area contributed by atoms with E-state index in [1.54, 1.807) is 0 Å². The lowest BCUT2D eigenvalue weighted by molar-refractivity contribution is -0.202. The number of benzene rings is 1. The SMILES string of the molecule is CC1(C)CN(c2ccc(OC(F)(F)CO)c(F)c2F)[C@H]2CCCC[C@H]2N1. The summed E-state index contributed by atoms with van der Waals surface area (Å²) in [7, 11) is 0. The minimum absolute atomic E-state index is 0.0244. The van der Waals surface area contributed by atoms with E-state index in [1.165, 1.54) is 6.07 Å². The number of ether oxygens (including phenoxy) is 1. The number of fused-ring (bicyclic) bond motifs is 1. The Morgan fingerprint density at radius 3 is 2.62 bits per heavy atom. The number of aliphatic hydroxyl groups excluding tert-OH is 1. The maximum absolute atomic E-state index is 14.7. The standard InChI is InChI=1S/C18H24F4N2O2/c1-17(2)9-24(12-6-4-3-5-11(12)23-17)13-7-8-14(16(20)15(13)19)26-18(21,22)10-25/h7-8,11-12,23,25H,3-6,9-10H2,1-2H3/t11-,12+/m1/s1. The van der Waals surface area contributed by atoms with Crippen molar-refractivity contribution in [3.05, 3.63) is 23.8 Å². The average molecular weight is 376 g/mol. The highest BCUT2D eigenvalue weighted by atomic mass is 19.3. The smallest absolute Gasteiger partial charge is 0.421 e. The van der Waals surface area contributed by atoms with Gasteiger partial charge in [0.1, 0.15) is 6.61 Å². The van der Waals surface area contributed by atoms with Crippen LogP contribution < -0.4 is 15.0 Å². The van der Waals surface area contributed by atoms with E-state index >= 15 is 0 Å². The Balaban J connectivity index is 1.93. The predicted octanol–water partition coefficient (Wildman–Crippen LogP) is 3.43. The third-order valence-corrected chi connectivity index (χ3v) is 5.05. The highest BCUT2D eigenvalue weighted by molar-refractivity contribution is 5.54. The van der Waals surface area contributed by atoms with Gasteiger partial charge in [-0.3, -0.25) is 0 Å². The second-order valence-electron chi connectivity index (χ2n) is 7.72. The topological polar surface area (TPSA) is 44.7 Å². The molecule has 8 heteroatoms. The van der Waals surface area contributed by atoms with Crippen molar-refractivity contribution in [2.24, 2.45) is 0 Å². The van der Waals surface area contributed by atoms with Gasteiger partial charge in [0.2, 0.25) is 5.82 Å². The van der Waals surface area contributed by atoms with Crippen molar-refractivity contribution in [2.75, 3.05) is 18.1 Å². The van der Waals surface area contributed by atoms with Crippen molar-refractivity contribution in [2.45, 2.75) is 63.3 Å². The summed E-state index contributed by atoms with van der Waals surface area (Å²) in [5, 5.41) is 12.1. The number of nitrogens with zero attached hydrogens (tertiary/aromatic N) is 1. The van der Waals surface area contributed by atoms with Gasteiger partial charge >= 0.3 is 6.11 Å². The molecule has 2 aliphatic rings. The highest BCUT2D eigenvalue weighted by Gasteiger charge is 2.42. The summed E-state index contributed by atoms with van der Waals surface area (Å²) in [5.41, 5.74) is -0.241. The van der Waals surface area contributed by atoms with Crippen molar-refractivity contribution in [3.63, 3.8) is 0 Å². The van der Waals surface area contributed by atoms with Crippen LogP contribution in [0.2, 0.25) is 0 Å². The largest absolute Gasteiger partial charge is 0.428 e. The molecule has 1 heterocycles. The molecule has 1 saturated carbocycles. The van der Waals surface area contributed by atoms with Gasteiger partial charge in [0.05, 0.1) is 5.69 Å². The molecule has 1 aromatic rings. The van der Waals surface area contributed by atoms with Crippen LogP contribution in [0.4, 0.5) is 23.2 Å². The molecule has 1 aliphatic heterocycles. The third kappa shape index (κ3) is 3.76. The minimum atomic E-state index is -3.97. The van der Waals surface area contributed by atoms with Crippen LogP contribution in [0, 0.1) is 11.6 Å². The molecule has 4 nitrogen and oxygen atoms in total. The molecule has 2 fully saturated rings. The van der Waals surface area contributed by atoms with Crippen LogP contribution in [0.15, 0.2) is 12.1 Å². The Morgan fingerprint density at radius 2 is 1.92 bits per heavy atom. The number of halogens is 4. The van der Waals surface area contributed by atoms with Gasteiger partial charge in [0.15, 0.2) is 11.6 Å². The number of rotatable bonds is 4. The number of aliphatic hydroxyl groups is 1. The van der Waals surface area contributed by atoms with E-state index in [2.05, 4.69) is 10.1 Å². The van der Waals surface area contributed by atoms with Crippen molar-refractivity contribution in [1.82, 2.24) is 5.32 Å². The van der Waals surface area contributed by atoms with Crippen LogP contribution in [-0.2, 0) is 0 Å². The Labute approximate surface area is 150 Å². The van der Waals surface area contributed by atoms with Crippen LogP contribution >= 0.6 is 0 Å². The van der Waals surface area contributed by atoms with E-state index in [1.807, 2.05) is 18.7 Å². The Kier molecular flexibility index (Phi) is 5.09. The highest BCUT2D eigenvalue weighted by Crippen LogP contribution is 2.37. The fourth-order valence-corrected chi connectivity index (χ4v) is 4.02. The van der Waals surface area contributed by atoms with Crippen molar-refractivity contribution >= 4 is 5.69 Å². The summed E-state index contributed by atoms with van der Waals surface area (Å²) < 4.78 is 59.5. The summed E-state index contributed by atoms with van der Waals surface area (Å²) in [6.07, 6.45) is -0.0692. The summed E-state index contributed by atoms with van der Waals surface area (Å²) in [6.45, 7) is 2.85.